The SMILES string of the molecule is N=C1C(c2nc3ccccc3[nH]2)=C(O)CN1N=Cc1ccco1. The zero-order valence-corrected chi connectivity index (χ0v) is 12.0. The lowest BCUT2D eigenvalue weighted by atomic mass is 10.2. The maximum atomic E-state index is 10.2. The monoisotopic (exact) mass is 307 g/mol. The standard InChI is InChI=1S/C16H13N5O2/c17-15-14(16-19-11-5-1-2-6-12(11)20-16)13(22)9-21(15)18-8-10-4-3-7-23-10/h1-8,17,22H,9H2,(H,19,20). The Morgan fingerprint density at radius 2 is 2.17 bits per heavy atom. The Kier molecular flexibility index (Phi) is 2.97. The highest BCUT2D eigenvalue weighted by Crippen LogP contribution is 2.27. The largest absolute Gasteiger partial charge is 0.509 e. The van der Waals surface area contributed by atoms with E-state index in [9.17, 15) is 5.11 Å². The molecule has 0 spiro atoms. The average Bonchev–Trinajstić information content (AvgIpc) is 3.24. The van der Waals surface area contributed by atoms with Gasteiger partial charge in [-0.15, -0.1) is 0 Å². The molecule has 0 bridgehead atoms. The minimum atomic E-state index is 0.0608. The van der Waals surface area contributed by atoms with E-state index in [0.717, 1.165) is 11.0 Å². The van der Waals surface area contributed by atoms with Crippen molar-refractivity contribution < 1.29 is 9.52 Å². The molecule has 0 saturated carbocycles. The van der Waals surface area contributed by atoms with Crippen LogP contribution in [0.4, 0.5) is 0 Å². The fourth-order valence-corrected chi connectivity index (χ4v) is 2.48. The van der Waals surface area contributed by atoms with Crippen molar-refractivity contribution in [2.45, 2.75) is 0 Å². The minimum absolute atomic E-state index is 0.0608. The van der Waals surface area contributed by atoms with Crippen LogP contribution in [0.1, 0.15) is 11.6 Å². The van der Waals surface area contributed by atoms with Crippen LogP contribution in [-0.4, -0.2) is 38.7 Å². The van der Waals surface area contributed by atoms with Crippen LogP contribution in [0.25, 0.3) is 16.6 Å². The molecule has 7 heteroatoms. The molecule has 0 fully saturated rings. The van der Waals surface area contributed by atoms with Gasteiger partial charge in [0.1, 0.15) is 29.5 Å². The van der Waals surface area contributed by atoms with Crippen molar-refractivity contribution in [3.05, 3.63) is 60.0 Å². The topological polar surface area (TPSA) is 102 Å². The normalized spacial score (nSPS) is 15.5. The zero-order valence-electron chi connectivity index (χ0n) is 12.0. The summed E-state index contributed by atoms with van der Waals surface area (Å²) in [6.45, 7) is 0.127. The number of hydrogen-bond donors (Lipinski definition) is 3. The summed E-state index contributed by atoms with van der Waals surface area (Å²) in [7, 11) is 0. The van der Waals surface area contributed by atoms with E-state index in [2.05, 4.69) is 15.1 Å². The van der Waals surface area contributed by atoms with Gasteiger partial charge < -0.3 is 14.5 Å². The summed E-state index contributed by atoms with van der Waals surface area (Å²) in [5.41, 5.74) is 2.00. The van der Waals surface area contributed by atoms with Gasteiger partial charge in [-0.2, -0.15) is 5.10 Å². The molecule has 0 saturated heterocycles. The van der Waals surface area contributed by atoms with Crippen LogP contribution in [-0.2, 0) is 0 Å². The number of nitrogens with zero attached hydrogens (tertiary/aromatic N) is 3. The molecule has 0 atom stereocenters. The molecule has 0 unspecified atom stereocenters. The molecular weight excluding hydrogens is 294 g/mol. The number of benzene rings is 1. The Morgan fingerprint density at radius 3 is 2.96 bits per heavy atom. The maximum Gasteiger partial charge on any atom is 0.156 e. The Morgan fingerprint density at radius 1 is 1.30 bits per heavy atom. The van der Waals surface area contributed by atoms with E-state index in [-0.39, 0.29) is 18.1 Å². The predicted octanol–water partition coefficient (Wildman–Crippen LogP) is 2.75. The van der Waals surface area contributed by atoms with E-state index in [1.165, 1.54) is 11.2 Å². The van der Waals surface area contributed by atoms with Crippen molar-refractivity contribution in [2.24, 2.45) is 5.10 Å². The van der Waals surface area contributed by atoms with Gasteiger partial charge in [0.05, 0.1) is 23.5 Å². The van der Waals surface area contributed by atoms with Gasteiger partial charge in [0.25, 0.3) is 0 Å². The van der Waals surface area contributed by atoms with Crippen LogP contribution < -0.4 is 0 Å². The zero-order chi connectivity index (χ0) is 15.8. The lowest BCUT2D eigenvalue weighted by Gasteiger charge is -2.10. The van der Waals surface area contributed by atoms with E-state index in [1.807, 2.05) is 24.3 Å². The van der Waals surface area contributed by atoms with Crippen LogP contribution in [0, 0.1) is 5.41 Å². The number of H-pyrrole nitrogens is 1. The fourth-order valence-electron chi connectivity index (χ4n) is 2.48. The third kappa shape index (κ3) is 2.28. The van der Waals surface area contributed by atoms with Crippen molar-refractivity contribution in [3.63, 3.8) is 0 Å². The Balaban J connectivity index is 1.64. The van der Waals surface area contributed by atoms with Gasteiger partial charge >= 0.3 is 0 Å². The number of hydrogen-bond acceptors (Lipinski definition) is 5. The number of amidine groups is 1. The summed E-state index contributed by atoms with van der Waals surface area (Å²) >= 11 is 0. The average molecular weight is 307 g/mol. The Hall–Kier alpha value is -3.35. The Labute approximate surface area is 131 Å². The second-order valence-corrected chi connectivity index (χ2v) is 5.09. The first-order valence-electron chi connectivity index (χ1n) is 7.03. The van der Waals surface area contributed by atoms with Crippen molar-refractivity contribution >= 4 is 28.7 Å². The summed E-state index contributed by atoms with van der Waals surface area (Å²) in [6, 6.07) is 11.1. The molecular formula is C16H13N5O2. The highest BCUT2D eigenvalue weighted by atomic mass is 16.3. The third-order valence-electron chi connectivity index (χ3n) is 3.58. The number of aromatic amines is 1. The van der Waals surface area contributed by atoms with Gasteiger partial charge in [-0.05, 0) is 24.3 Å². The first-order chi connectivity index (χ1) is 11.2. The molecule has 23 heavy (non-hydrogen) atoms. The molecule has 0 aliphatic carbocycles. The molecule has 3 N–H and O–H groups in total. The van der Waals surface area contributed by atoms with Crippen LogP contribution >= 0.6 is 0 Å². The van der Waals surface area contributed by atoms with Gasteiger partial charge in [0, 0.05) is 0 Å². The van der Waals surface area contributed by atoms with Gasteiger partial charge in [0.2, 0.25) is 0 Å². The second-order valence-electron chi connectivity index (χ2n) is 5.09. The smallest absolute Gasteiger partial charge is 0.156 e. The van der Waals surface area contributed by atoms with Gasteiger partial charge in [-0.3, -0.25) is 5.41 Å². The molecule has 3 aromatic rings. The number of rotatable bonds is 3. The summed E-state index contributed by atoms with van der Waals surface area (Å²) < 4.78 is 5.17. The molecule has 0 radical (unpaired) electrons. The lowest BCUT2D eigenvalue weighted by Crippen LogP contribution is -2.20. The van der Waals surface area contributed by atoms with Crippen molar-refractivity contribution in [3.8, 4) is 0 Å². The third-order valence-corrected chi connectivity index (χ3v) is 3.58. The highest BCUT2D eigenvalue weighted by molar-refractivity contribution is 6.23. The summed E-state index contributed by atoms with van der Waals surface area (Å²) in [6.07, 6.45) is 3.05. The molecule has 1 aliphatic rings. The van der Waals surface area contributed by atoms with Crippen LogP contribution in [0.15, 0.2) is 57.9 Å². The second kappa shape index (κ2) is 5.13. The van der Waals surface area contributed by atoms with Crippen molar-refractivity contribution in [1.29, 1.82) is 5.41 Å². The number of furan rings is 1. The van der Waals surface area contributed by atoms with E-state index in [4.69, 9.17) is 9.83 Å². The first kappa shape index (κ1) is 13.3. The number of hydrazone groups is 1. The maximum absolute atomic E-state index is 10.2. The van der Waals surface area contributed by atoms with Crippen molar-refractivity contribution in [1.82, 2.24) is 15.0 Å². The summed E-state index contributed by atoms with van der Waals surface area (Å²) in [4.78, 5) is 7.55. The molecule has 4 rings (SSSR count). The number of para-hydroxylation sites is 2. The number of aliphatic hydroxyl groups is 1. The van der Waals surface area contributed by atoms with Gasteiger partial charge in [-0.1, -0.05) is 12.1 Å². The molecule has 1 aliphatic heterocycles. The summed E-state index contributed by atoms with van der Waals surface area (Å²) in [5, 5.41) is 24.0. The molecule has 0 amide bonds. The van der Waals surface area contributed by atoms with E-state index in [1.54, 1.807) is 18.4 Å². The molecule has 7 nitrogen and oxygen atoms in total. The lowest BCUT2D eigenvalue weighted by molar-refractivity contribution is 0.357. The number of fused-ring (bicyclic) bond motifs is 1. The number of nitrogens with one attached hydrogen (secondary N) is 2. The van der Waals surface area contributed by atoms with Gasteiger partial charge in [-0.25, -0.2) is 9.99 Å². The Bertz CT molecular complexity index is 903. The predicted molar refractivity (Wildman–Crippen MR) is 86.4 cm³/mol. The minimum Gasteiger partial charge on any atom is -0.509 e. The summed E-state index contributed by atoms with van der Waals surface area (Å²) in [5.74, 6) is 1.19. The van der Waals surface area contributed by atoms with E-state index in [0.29, 0.717) is 17.2 Å². The van der Waals surface area contributed by atoms with Crippen LogP contribution in [0.2, 0.25) is 0 Å². The molecule has 1 aromatic carbocycles. The number of aliphatic hydroxyl groups excluding tert-OH is 1. The molecule has 114 valence electrons. The molecule has 2 aromatic heterocycles. The molecule has 3 heterocycles. The number of aromatic nitrogens is 2. The van der Waals surface area contributed by atoms with Crippen LogP contribution in [0.3, 0.4) is 0 Å². The first-order valence-corrected chi connectivity index (χ1v) is 7.03. The van der Waals surface area contributed by atoms with Gasteiger partial charge in [0.15, 0.2) is 5.84 Å². The van der Waals surface area contributed by atoms with Crippen LogP contribution in [0.5, 0.6) is 0 Å². The van der Waals surface area contributed by atoms with E-state index < -0.39 is 0 Å². The highest BCUT2D eigenvalue weighted by Gasteiger charge is 2.30. The van der Waals surface area contributed by atoms with E-state index >= 15 is 0 Å². The quantitative estimate of drug-likeness (QED) is 0.647. The van der Waals surface area contributed by atoms with Crippen molar-refractivity contribution in [2.75, 3.05) is 6.54 Å². The number of imidazole rings is 1. The fraction of sp³-hybridized carbons (Fsp3) is 0.0625.